The van der Waals surface area contributed by atoms with Crippen LogP contribution in [0.2, 0.25) is 0 Å². The van der Waals surface area contributed by atoms with E-state index in [1.54, 1.807) is 18.1 Å². The van der Waals surface area contributed by atoms with E-state index in [1.165, 1.54) is 0 Å². The fraction of sp³-hybridized carbons (Fsp3) is 0.267. The lowest BCUT2D eigenvalue weighted by Gasteiger charge is -2.15. The molecule has 4 nitrogen and oxygen atoms in total. The van der Waals surface area contributed by atoms with E-state index in [9.17, 15) is 4.79 Å². The zero-order valence-corrected chi connectivity index (χ0v) is 10.8. The summed E-state index contributed by atoms with van der Waals surface area (Å²) < 4.78 is 0. The lowest BCUT2D eigenvalue weighted by molar-refractivity contribution is -0.129. The summed E-state index contributed by atoms with van der Waals surface area (Å²) in [6.45, 7) is 0.466. The van der Waals surface area contributed by atoms with Crippen molar-refractivity contribution < 1.29 is 4.79 Å². The second-order valence-electron chi connectivity index (χ2n) is 4.39. The van der Waals surface area contributed by atoms with Crippen LogP contribution >= 0.6 is 0 Å². The smallest absolute Gasteiger partial charge is 0.226 e. The maximum absolute atomic E-state index is 12.1. The Bertz CT molecular complexity index is 625. The van der Waals surface area contributed by atoms with Crippen LogP contribution in [0.15, 0.2) is 36.5 Å². The summed E-state index contributed by atoms with van der Waals surface area (Å²) in [5, 5.41) is 9.56. The maximum Gasteiger partial charge on any atom is 0.226 e. The Kier molecular flexibility index (Phi) is 4.09. The summed E-state index contributed by atoms with van der Waals surface area (Å²) >= 11 is 0. The van der Waals surface area contributed by atoms with Crippen LogP contribution in [0.25, 0.3) is 10.9 Å². The minimum atomic E-state index is 0.00778. The molecule has 0 aliphatic rings. The van der Waals surface area contributed by atoms with Crippen LogP contribution in [-0.2, 0) is 11.2 Å². The van der Waals surface area contributed by atoms with Crippen LogP contribution in [0, 0.1) is 11.3 Å². The Labute approximate surface area is 112 Å². The van der Waals surface area contributed by atoms with E-state index in [4.69, 9.17) is 5.26 Å². The average Bonchev–Trinajstić information content (AvgIpc) is 2.45. The van der Waals surface area contributed by atoms with Crippen LogP contribution < -0.4 is 0 Å². The van der Waals surface area contributed by atoms with Gasteiger partial charge in [0, 0.05) is 25.2 Å². The topological polar surface area (TPSA) is 57.0 Å². The maximum atomic E-state index is 12.1. The fourth-order valence-corrected chi connectivity index (χ4v) is 1.95. The fourth-order valence-electron chi connectivity index (χ4n) is 1.95. The van der Waals surface area contributed by atoms with E-state index in [-0.39, 0.29) is 5.91 Å². The number of aromatic nitrogens is 1. The van der Waals surface area contributed by atoms with E-state index in [0.717, 1.165) is 16.5 Å². The number of likely N-dealkylation sites (N-methyl/N-ethyl adjacent to an activating group) is 1. The zero-order chi connectivity index (χ0) is 13.7. The van der Waals surface area contributed by atoms with Crippen LogP contribution in [-0.4, -0.2) is 29.4 Å². The molecule has 0 spiro atoms. The highest BCUT2D eigenvalue weighted by Crippen LogP contribution is 2.16. The second-order valence-corrected chi connectivity index (χ2v) is 4.39. The Hall–Kier alpha value is -2.41. The third-order valence-corrected chi connectivity index (χ3v) is 3.04. The highest BCUT2D eigenvalue weighted by molar-refractivity contribution is 5.87. The molecule has 0 bridgehead atoms. The Morgan fingerprint density at radius 2 is 2.16 bits per heavy atom. The molecule has 1 heterocycles. The van der Waals surface area contributed by atoms with Crippen molar-refractivity contribution in [3.63, 3.8) is 0 Å². The van der Waals surface area contributed by atoms with Gasteiger partial charge in [-0.25, -0.2) is 0 Å². The summed E-state index contributed by atoms with van der Waals surface area (Å²) in [5.41, 5.74) is 1.79. The van der Waals surface area contributed by atoms with Gasteiger partial charge in [0.05, 0.1) is 24.4 Å². The van der Waals surface area contributed by atoms with Crippen LogP contribution in [0.3, 0.4) is 0 Å². The Morgan fingerprint density at radius 3 is 2.95 bits per heavy atom. The van der Waals surface area contributed by atoms with Gasteiger partial charge in [-0.05, 0) is 11.6 Å². The van der Waals surface area contributed by atoms with E-state index in [1.807, 2.05) is 36.4 Å². The molecular weight excluding hydrogens is 238 g/mol. The number of fused-ring (bicyclic) bond motifs is 1. The number of rotatable bonds is 4. The predicted molar refractivity (Wildman–Crippen MR) is 73.3 cm³/mol. The largest absolute Gasteiger partial charge is 0.344 e. The van der Waals surface area contributed by atoms with Crippen molar-refractivity contribution in [1.29, 1.82) is 5.26 Å². The monoisotopic (exact) mass is 253 g/mol. The summed E-state index contributed by atoms with van der Waals surface area (Å²) in [4.78, 5) is 18.0. The molecule has 4 heteroatoms. The van der Waals surface area contributed by atoms with Gasteiger partial charge in [-0.3, -0.25) is 9.78 Å². The number of carbonyl (C=O) groups is 1. The molecule has 0 radical (unpaired) electrons. The van der Waals surface area contributed by atoms with Gasteiger partial charge >= 0.3 is 0 Å². The SMILES string of the molecule is CN(CCC#N)C(=O)Cc1cccc2cccnc12. The number of amides is 1. The molecule has 0 saturated heterocycles. The highest BCUT2D eigenvalue weighted by atomic mass is 16.2. The zero-order valence-electron chi connectivity index (χ0n) is 10.8. The van der Waals surface area contributed by atoms with E-state index in [2.05, 4.69) is 4.98 Å². The van der Waals surface area contributed by atoms with Crippen LogP contribution in [0.1, 0.15) is 12.0 Å². The van der Waals surface area contributed by atoms with Crippen molar-refractivity contribution in [3.8, 4) is 6.07 Å². The summed E-state index contributed by atoms with van der Waals surface area (Å²) in [5.74, 6) is 0.00778. The van der Waals surface area contributed by atoms with Gasteiger partial charge in [-0.15, -0.1) is 0 Å². The van der Waals surface area contributed by atoms with E-state index >= 15 is 0 Å². The number of hydrogen-bond acceptors (Lipinski definition) is 3. The first kappa shape index (κ1) is 13.0. The standard InChI is InChI=1S/C15H15N3O/c1-18(10-4-8-16)14(19)11-13-6-2-5-12-7-3-9-17-15(12)13/h2-3,5-7,9H,4,10-11H2,1H3. The Morgan fingerprint density at radius 1 is 1.37 bits per heavy atom. The molecule has 2 rings (SSSR count). The molecule has 96 valence electrons. The molecule has 1 aromatic heterocycles. The van der Waals surface area contributed by atoms with Crippen molar-refractivity contribution in [2.24, 2.45) is 0 Å². The molecule has 0 aliphatic carbocycles. The Balaban J connectivity index is 2.18. The van der Waals surface area contributed by atoms with Crippen molar-refractivity contribution >= 4 is 16.8 Å². The van der Waals surface area contributed by atoms with Gasteiger partial charge in [-0.1, -0.05) is 24.3 Å². The number of carbonyl (C=O) groups excluding carboxylic acids is 1. The number of nitrogens with zero attached hydrogens (tertiary/aromatic N) is 3. The first-order chi connectivity index (χ1) is 9.22. The molecule has 0 atom stereocenters. The molecule has 19 heavy (non-hydrogen) atoms. The molecule has 0 unspecified atom stereocenters. The van der Waals surface area contributed by atoms with Gasteiger partial charge in [0.2, 0.25) is 5.91 Å². The number of benzene rings is 1. The van der Waals surface area contributed by atoms with Gasteiger partial charge < -0.3 is 4.90 Å². The van der Waals surface area contributed by atoms with Crippen molar-refractivity contribution in [2.45, 2.75) is 12.8 Å². The summed E-state index contributed by atoms with van der Waals surface area (Å²) in [6, 6.07) is 11.7. The third-order valence-electron chi connectivity index (χ3n) is 3.04. The van der Waals surface area contributed by atoms with Gasteiger partial charge in [0.1, 0.15) is 0 Å². The highest BCUT2D eigenvalue weighted by Gasteiger charge is 2.11. The molecule has 0 saturated carbocycles. The second kappa shape index (κ2) is 5.96. The van der Waals surface area contributed by atoms with Gasteiger partial charge in [0.25, 0.3) is 0 Å². The summed E-state index contributed by atoms with van der Waals surface area (Å²) in [7, 11) is 1.72. The van der Waals surface area contributed by atoms with E-state index < -0.39 is 0 Å². The van der Waals surface area contributed by atoms with Crippen molar-refractivity contribution in [2.75, 3.05) is 13.6 Å². The lowest BCUT2D eigenvalue weighted by Crippen LogP contribution is -2.29. The molecular formula is C15H15N3O. The van der Waals surface area contributed by atoms with Crippen LogP contribution in [0.4, 0.5) is 0 Å². The predicted octanol–water partition coefficient (Wildman–Crippen LogP) is 2.15. The number of pyridine rings is 1. The van der Waals surface area contributed by atoms with E-state index in [0.29, 0.717) is 19.4 Å². The molecule has 0 fully saturated rings. The number of hydrogen-bond donors (Lipinski definition) is 0. The first-order valence-electron chi connectivity index (χ1n) is 6.16. The summed E-state index contributed by atoms with van der Waals surface area (Å²) in [6.07, 6.45) is 2.40. The number of para-hydroxylation sites is 1. The van der Waals surface area contributed by atoms with Crippen LogP contribution in [0.5, 0.6) is 0 Å². The average molecular weight is 253 g/mol. The molecule has 0 aliphatic heterocycles. The minimum absolute atomic E-state index is 0.00778. The third kappa shape index (κ3) is 3.08. The lowest BCUT2D eigenvalue weighted by atomic mass is 10.1. The van der Waals surface area contributed by atoms with Gasteiger partial charge in [-0.2, -0.15) is 5.26 Å². The quantitative estimate of drug-likeness (QED) is 0.838. The molecule has 1 amide bonds. The normalized spacial score (nSPS) is 10.1. The van der Waals surface area contributed by atoms with Gasteiger partial charge in [0.15, 0.2) is 0 Å². The first-order valence-corrected chi connectivity index (χ1v) is 6.16. The number of nitriles is 1. The van der Waals surface area contributed by atoms with Crippen molar-refractivity contribution in [1.82, 2.24) is 9.88 Å². The van der Waals surface area contributed by atoms with Crippen molar-refractivity contribution in [3.05, 3.63) is 42.1 Å². The minimum Gasteiger partial charge on any atom is -0.344 e. The molecule has 2 aromatic rings. The molecule has 1 aromatic carbocycles. The molecule has 0 N–H and O–H groups in total.